The molecule has 4 rings (SSSR count). The quantitative estimate of drug-likeness (QED) is 0.324. The van der Waals surface area contributed by atoms with Crippen molar-refractivity contribution in [3.63, 3.8) is 0 Å². The third kappa shape index (κ3) is 5.23. The summed E-state index contributed by atoms with van der Waals surface area (Å²) in [4.78, 5) is 12.9. The number of amides is 1. The van der Waals surface area contributed by atoms with Crippen LogP contribution in [0.2, 0.25) is 0 Å². The molecule has 0 spiro atoms. The molecule has 2 N–H and O–H groups in total. The SMILES string of the molecule is N=C1SC(CNc2ccccc2)C(=O)N1/N=C(/N=Nc1ccccc1)c1ccccc1. The molecule has 1 aliphatic rings. The van der Waals surface area contributed by atoms with Crippen LogP contribution in [0.3, 0.4) is 0 Å². The van der Waals surface area contributed by atoms with E-state index in [9.17, 15) is 4.79 Å². The second-order valence-corrected chi connectivity index (χ2v) is 7.83. The fraction of sp³-hybridized carbons (Fsp3) is 0.0870. The summed E-state index contributed by atoms with van der Waals surface area (Å²) in [7, 11) is 0. The fourth-order valence-corrected chi connectivity index (χ4v) is 3.75. The van der Waals surface area contributed by atoms with E-state index in [-0.39, 0.29) is 16.9 Å². The van der Waals surface area contributed by atoms with Gasteiger partial charge in [-0.05, 0) is 24.3 Å². The molecule has 1 fully saturated rings. The molecule has 154 valence electrons. The summed E-state index contributed by atoms with van der Waals surface area (Å²) in [5.41, 5.74) is 2.30. The Morgan fingerprint density at radius 3 is 2.23 bits per heavy atom. The maximum absolute atomic E-state index is 12.9. The van der Waals surface area contributed by atoms with Crippen molar-refractivity contribution >= 4 is 40.0 Å². The van der Waals surface area contributed by atoms with Gasteiger partial charge in [0.15, 0.2) is 5.17 Å². The van der Waals surface area contributed by atoms with E-state index in [4.69, 9.17) is 5.41 Å². The highest BCUT2D eigenvalue weighted by molar-refractivity contribution is 8.15. The summed E-state index contributed by atoms with van der Waals surface area (Å²) in [6.07, 6.45) is 0. The number of carbonyl (C=O) groups excluding carboxylic acids is 1. The molecule has 31 heavy (non-hydrogen) atoms. The van der Waals surface area contributed by atoms with Crippen molar-refractivity contribution in [2.24, 2.45) is 15.3 Å². The van der Waals surface area contributed by atoms with Crippen molar-refractivity contribution < 1.29 is 4.79 Å². The summed E-state index contributed by atoms with van der Waals surface area (Å²) in [5.74, 6) is 0.00148. The molecule has 8 heteroatoms. The number of hydrogen-bond donors (Lipinski definition) is 2. The topological polar surface area (TPSA) is 93.3 Å². The number of benzene rings is 3. The van der Waals surface area contributed by atoms with Crippen LogP contribution in [0.25, 0.3) is 0 Å². The number of hydrogen-bond acceptors (Lipinski definition) is 6. The maximum atomic E-state index is 12.9. The van der Waals surface area contributed by atoms with E-state index < -0.39 is 5.25 Å². The molecule has 1 heterocycles. The van der Waals surface area contributed by atoms with E-state index in [0.717, 1.165) is 10.7 Å². The molecular weight excluding hydrogens is 408 g/mol. The molecule has 1 atom stereocenters. The van der Waals surface area contributed by atoms with Gasteiger partial charge in [-0.15, -0.1) is 15.3 Å². The molecule has 1 aliphatic heterocycles. The number of para-hydroxylation sites is 1. The second-order valence-electron chi connectivity index (χ2n) is 6.63. The molecule has 0 radical (unpaired) electrons. The third-order valence-corrected chi connectivity index (χ3v) is 5.49. The largest absolute Gasteiger partial charge is 0.383 e. The summed E-state index contributed by atoms with van der Waals surface area (Å²) >= 11 is 1.17. The summed E-state index contributed by atoms with van der Waals surface area (Å²) in [5, 5.41) is 25.1. The average molecular weight is 429 g/mol. The van der Waals surface area contributed by atoms with Gasteiger partial charge < -0.3 is 5.32 Å². The van der Waals surface area contributed by atoms with Gasteiger partial charge in [0.05, 0.1) is 5.69 Å². The normalized spacial score (nSPS) is 16.8. The summed E-state index contributed by atoms with van der Waals surface area (Å²) in [6, 6.07) is 28.2. The molecule has 1 unspecified atom stereocenters. The maximum Gasteiger partial charge on any atom is 0.264 e. The van der Waals surface area contributed by atoms with E-state index in [1.165, 1.54) is 11.8 Å². The zero-order valence-electron chi connectivity index (χ0n) is 16.6. The molecule has 0 aliphatic carbocycles. The number of rotatable bonds is 6. The minimum absolute atomic E-state index is 0.0632. The number of anilines is 1. The van der Waals surface area contributed by atoms with Crippen LogP contribution in [0.5, 0.6) is 0 Å². The lowest BCUT2D eigenvalue weighted by Gasteiger charge is -2.11. The number of nitrogens with zero attached hydrogens (tertiary/aromatic N) is 4. The van der Waals surface area contributed by atoms with E-state index >= 15 is 0 Å². The van der Waals surface area contributed by atoms with Crippen LogP contribution >= 0.6 is 11.8 Å². The number of nitrogens with one attached hydrogen (secondary N) is 2. The minimum atomic E-state index is -0.445. The first-order valence-electron chi connectivity index (χ1n) is 9.69. The predicted molar refractivity (Wildman–Crippen MR) is 125 cm³/mol. The molecular formula is C23H20N6OS. The number of hydrazone groups is 1. The van der Waals surface area contributed by atoms with Crippen LogP contribution in [-0.4, -0.2) is 33.7 Å². The number of azo groups is 1. The highest BCUT2D eigenvalue weighted by Crippen LogP contribution is 2.27. The predicted octanol–water partition coefficient (Wildman–Crippen LogP) is 5.12. The van der Waals surface area contributed by atoms with Gasteiger partial charge in [0.25, 0.3) is 5.91 Å². The molecule has 3 aromatic carbocycles. The zero-order valence-corrected chi connectivity index (χ0v) is 17.4. The molecule has 3 aromatic rings. The molecule has 0 bridgehead atoms. The minimum Gasteiger partial charge on any atom is -0.383 e. The third-order valence-electron chi connectivity index (χ3n) is 4.44. The van der Waals surface area contributed by atoms with Crippen LogP contribution in [0.15, 0.2) is 106 Å². The van der Waals surface area contributed by atoms with E-state index in [2.05, 4.69) is 20.6 Å². The van der Waals surface area contributed by atoms with Gasteiger partial charge in [0.2, 0.25) is 5.84 Å². The molecule has 1 amide bonds. The van der Waals surface area contributed by atoms with Gasteiger partial charge in [0.1, 0.15) is 5.25 Å². The van der Waals surface area contributed by atoms with Gasteiger partial charge in [-0.1, -0.05) is 78.5 Å². The Hall–Kier alpha value is -3.78. The number of carbonyl (C=O) groups is 1. The van der Waals surface area contributed by atoms with Crippen LogP contribution in [0, 0.1) is 5.41 Å². The summed E-state index contributed by atoms with van der Waals surface area (Å²) in [6.45, 7) is 0.397. The zero-order chi connectivity index (χ0) is 21.5. The Kier molecular flexibility index (Phi) is 6.49. The van der Waals surface area contributed by atoms with Crippen molar-refractivity contribution in [3.05, 3.63) is 96.6 Å². The van der Waals surface area contributed by atoms with E-state index in [0.29, 0.717) is 17.8 Å². The first-order valence-corrected chi connectivity index (χ1v) is 10.6. The van der Waals surface area contributed by atoms with Crippen LogP contribution in [0.1, 0.15) is 5.56 Å². The van der Waals surface area contributed by atoms with E-state index in [1.807, 2.05) is 91.0 Å². The fourth-order valence-electron chi connectivity index (χ4n) is 2.88. The Morgan fingerprint density at radius 1 is 0.935 bits per heavy atom. The Labute approximate surface area is 184 Å². The first kappa shape index (κ1) is 20.5. The molecule has 7 nitrogen and oxygen atoms in total. The average Bonchev–Trinajstić information content (AvgIpc) is 3.09. The smallest absolute Gasteiger partial charge is 0.264 e. The summed E-state index contributed by atoms with van der Waals surface area (Å²) < 4.78 is 0. The molecule has 0 saturated carbocycles. The molecule has 1 saturated heterocycles. The van der Waals surface area contributed by atoms with Crippen molar-refractivity contribution in [2.45, 2.75) is 5.25 Å². The highest BCUT2D eigenvalue weighted by Gasteiger charge is 2.37. The van der Waals surface area contributed by atoms with E-state index in [1.54, 1.807) is 0 Å². The van der Waals surface area contributed by atoms with Crippen molar-refractivity contribution in [2.75, 3.05) is 11.9 Å². The Bertz CT molecular complexity index is 1100. The van der Waals surface area contributed by atoms with Gasteiger partial charge in [-0.3, -0.25) is 10.2 Å². The van der Waals surface area contributed by atoms with Crippen LogP contribution in [0.4, 0.5) is 11.4 Å². The number of thioether (sulfide) groups is 1. The lowest BCUT2D eigenvalue weighted by Crippen LogP contribution is -2.31. The lowest BCUT2D eigenvalue weighted by atomic mass is 10.2. The standard InChI is InChI=1S/C23H20N6OS/c24-23-29(22(30)20(31-23)16-25-18-12-6-2-7-13-18)28-21(17-10-4-1-5-11-17)27-26-19-14-8-3-9-15-19/h1-15,20,24-25H,16H2/b24-23?,27-26?,28-21+. The highest BCUT2D eigenvalue weighted by atomic mass is 32.2. The first-order chi connectivity index (χ1) is 15.2. The van der Waals surface area contributed by atoms with Crippen LogP contribution < -0.4 is 5.32 Å². The number of amidine groups is 2. The van der Waals surface area contributed by atoms with Gasteiger partial charge >= 0.3 is 0 Å². The Balaban J connectivity index is 1.55. The second kappa shape index (κ2) is 9.82. The van der Waals surface area contributed by atoms with Gasteiger partial charge in [-0.25, -0.2) is 0 Å². The van der Waals surface area contributed by atoms with Crippen molar-refractivity contribution in [1.29, 1.82) is 5.41 Å². The lowest BCUT2D eigenvalue weighted by molar-refractivity contribution is -0.125. The van der Waals surface area contributed by atoms with Crippen molar-refractivity contribution in [1.82, 2.24) is 5.01 Å². The monoisotopic (exact) mass is 428 g/mol. The van der Waals surface area contributed by atoms with Crippen LogP contribution in [-0.2, 0) is 4.79 Å². The van der Waals surface area contributed by atoms with Gasteiger partial charge in [0, 0.05) is 17.8 Å². The van der Waals surface area contributed by atoms with Gasteiger partial charge in [-0.2, -0.15) is 5.01 Å². The van der Waals surface area contributed by atoms with Crippen molar-refractivity contribution in [3.8, 4) is 0 Å². The molecule has 0 aromatic heterocycles. The Morgan fingerprint density at radius 2 is 1.55 bits per heavy atom.